The van der Waals surface area contributed by atoms with E-state index in [1.807, 2.05) is 37.3 Å². The number of rotatable bonds is 15. The van der Waals surface area contributed by atoms with Gasteiger partial charge in [0.2, 0.25) is 21.8 Å². The Labute approximate surface area is 258 Å². The molecule has 0 aliphatic rings. The molecule has 0 radical (unpaired) electrons. The molecule has 0 bridgehead atoms. The van der Waals surface area contributed by atoms with E-state index in [-0.39, 0.29) is 37.7 Å². The van der Waals surface area contributed by atoms with Gasteiger partial charge in [0.05, 0.1) is 19.1 Å². The summed E-state index contributed by atoms with van der Waals surface area (Å²) >= 11 is 12.6. The quantitative estimate of drug-likeness (QED) is 0.231. The third kappa shape index (κ3) is 9.64. The Morgan fingerprint density at radius 2 is 1.69 bits per heavy atom. The third-order valence-corrected chi connectivity index (χ3v) is 8.47. The van der Waals surface area contributed by atoms with Crippen LogP contribution in [0.25, 0.3) is 0 Å². The lowest BCUT2D eigenvalue weighted by Crippen LogP contribution is -2.50. The van der Waals surface area contributed by atoms with E-state index in [0.717, 1.165) is 18.2 Å². The fraction of sp³-hybridized carbons (Fsp3) is 0.355. The van der Waals surface area contributed by atoms with Crippen molar-refractivity contribution in [3.8, 4) is 5.75 Å². The lowest BCUT2D eigenvalue weighted by Gasteiger charge is -2.32. The first kappa shape index (κ1) is 33.2. The fourth-order valence-electron chi connectivity index (χ4n) is 4.51. The maximum Gasteiger partial charge on any atom is 0.243 e. The van der Waals surface area contributed by atoms with Crippen molar-refractivity contribution in [2.75, 3.05) is 30.8 Å². The van der Waals surface area contributed by atoms with Gasteiger partial charge in [0.25, 0.3) is 0 Å². The molecular formula is C31H37Cl2N3O5S. The second kappa shape index (κ2) is 15.8. The van der Waals surface area contributed by atoms with Gasteiger partial charge in [-0.2, -0.15) is 0 Å². The largest absolute Gasteiger partial charge is 0.497 e. The number of amides is 2. The van der Waals surface area contributed by atoms with Crippen molar-refractivity contribution in [3.63, 3.8) is 0 Å². The van der Waals surface area contributed by atoms with Gasteiger partial charge in [-0.25, -0.2) is 8.42 Å². The van der Waals surface area contributed by atoms with Crippen LogP contribution in [0.15, 0.2) is 72.8 Å². The molecular weight excluding hydrogens is 597 g/mol. The average molecular weight is 635 g/mol. The molecule has 0 spiro atoms. The van der Waals surface area contributed by atoms with E-state index in [1.54, 1.807) is 42.5 Å². The summed E-state index contributed by atoms with van der Waals surface area (Å²) in [6, 6.07) is 20.4. The Kier molecular flexibility index (Phi) is 12.5. The zero-order valence-corrected chi connectivity index (χ0v) is 26.4. The number of anilines is 1. The molecule has 8 nitrogen and oxygen atoms in total. The minimum absolute atomic E-state index is 0.0136. The number of benzene rings is 3. The van der Waals surface area contributed by atoms with Crippen LogP contribution in [0.5, 0.6) is 5.75 Å². The lowest BCUT2D eigenvalue weighted by atomic mass is 10.0. The molecule has 226 valence electrons. The van der Waals surface area contributed by atoms with E-state index in [1.165, 1.54) is 16.3 Å². The maximum atomic E-state index is 13.9. The predicted molar refractivity (Wildman–Crippen MR) is 169 cm³/mol. The van der Waals surface area contributed by atoms with Crippen molar-refractivity contribution >= 4 is 50.7 Å². The number of nitrogens with zero attached hydrogens (tertiary/aromatic N) is 2. The van der Waals surface area contributed by atoms with Crippen LogP contribution >= 0.6 is 23.2 Å². The van der Waals surface area contributed by atoms with Gasteiger partial charge in [-0.1, -0.05) is 66.5 Å². The molecule has 3 aromatic carbocycles. The van der Waals surface area contributed by atoms with Crippen LogP contribution in [-0.4, -0.2) is 57.6 Å². The second-order valence-electron chi connectivity index (χ2n) is 9.89. The predicted octanol–water partition coefficient (Wildman–Crippen LogP) is 5.71. The van der Waals surface area contributed by atoms with Gasteiger partial charge in [-0.3, -0.25) is 13.9 Å². The summed E-state index contributed by atoms with van der Waals surface area (Å²) in [5.74, 6) is 0.0385. The van der Waals surface area contributed by atoms with Gasteiger partial charge in [0.1, 0.15) is 11.8 Å². The van der Waals surface area contributed by atoms with Crippen LogP contribution in [-0.2, 0) is 32.6 Å². The number of nitrogens with one attached hydrogen (secondary N) is 1. The van der Waals surface area contributed by atoms with Crippen LogP contribution < -0.4 is 14.4 Å². The number of hydrogen-bond acceptors (Lipinski definition) is 5. The van der Waals surface area contributed by atoms with E-state index in [2.05, 4.69) is 5.32 Å². The molecule has 42 heavy (non-hydrogen) atoms. The van der Waals surface area contributed by atoms with Crippen molar-refractivity contribution in [1.82, 2.24) is 10.2 Å². The number of hydrogen-bond donors (Lipinski definition) is 1. The van der Waals surface area contributed by atoms with E-state index < -0.39 is 16.1 Å². The van der Waals surface area contributed by atoms with Crippen molar-refractivity contribution in [3.05, 3.63) is 94.0 Å². The molecule has 2 amide bonds. The zero-order valence-electron chi connectivity index (χ0n) is 24.1. The highest BCUT2D eigenvalue weighted by atomic mass is 35.5. The molecule has 3 aromatic rings. The average Bonchev–Trinajstić information content (AvgIpc) is 2.96. The number of carbonyl (C=O) groups is 2. The number of methoxy groups -OCH3 is 1. The van der Waals surface area contributed by atoms with Gasteiger partial charge in [-0.15, -0.1) is 0 Å². The topological polar surface area (TPSA) is 96.0 Å². The van der Waals surface area contributed by atoms with E-state index in [9.17, 15) is 18.0 Å². The summed E-state index contributed by atoms with van der Waals surface area (Å²) < 4.78 is 31.7. The van der Waals surface area contributed by atoms with Crippen LogP contribution in [0.1, 0.15) is 37.3 Å². The van der Waals surface area contributed by atoms with Gasteiger partial charge in [-0.05, 0) is 60.4 Å². The minimum Gasteiger partial charge on any atom is -0.497 e. The Balaban J connectivity index is 1.89. The van der Waals surface area contributed by atoms with E-state index >= 15 is 0 Å². The molecule has 0 aliphatic heterocycles. The molecule has 0 heterocycles. The molecule has 11 heteroatoms. The maximum absolute atomic E-state index is 13.9. The Morgan fingerprint density at radius 1 is 1.00 bits per heavy atom. The molecule has 0 saturated heterocycles. The van der Waals surface area contributed by atoms with Crippen molar-refractivity contribution in [2.24, 2.45) is 0 Å². The Morgan fingerprint density at radius 3 is 2.29 bits per heavy atom. The molecule has 3 rings (SSSR count). The first-order valence-electron chi connectivity index (χ1n) is 13.7. The molecule has 0 aliphatic carbocycles. The summed E-state index contributed by atoms with van der Waals surface area (Å²) in [5, 5.41) is 3.78. The Hall–Kier alpha value is -3.27. The van der Waals surface area contributed by atoms with E-state index in [4.69, 9.17) is 27.9 Å². The van der Waals surface area contributed by atoms with Gasteiger partial charge in [0.15, 0.2) is 0 Å². The van der Waals surface area contributed by atoms with Crippen LogP contribution in [0.4, 0.5) is 5.69 Å². The summed E-state index contributed by atoms with van der Waals surface area (Å²) in [6.45, 7) is 2.59. The molecule has 1 N–H and O–H groups in total. The van der Waals surface area contributed by atoms with Crippen LogP contribution in [0.3, 0.4) is 0 Å². The summed E-state index contributed by atoms with van der Waals surface area (Å²) in [6.07, 6.45) is 2.42. The minimum atomic E-state index is -3.62. The van der Waals surface area contributed by atoms with Gasteiger partial charge in [0, 0.05) is 42.5 Å². The first-order chi connectivity index (χ1) is 20.0. The number of halogens is 2. The first-order valence-corrected chi connectivity index (χ1v) is 16.3. The molecule has 0 saturated carbocycles. The SMILES string of the molecule is CCCNC(=O)[C@H](Cc1ccccc1)N(Cc1ccc(Cl)cc1Cl)C(=O)CCCN(c1ccc(OC)cc1)S(C)(=O)=O. The molecule has 0 aromatic heterocycles. The van der Waals surface area contributed by atoms with Crippen LogP contribution in [0, 0.1) is 0 Å². The van der Waals surface area contributed by atoms with Crippen molar-refractivity contribution < 1.29 is 22.7 Å². The third-order valence-electron chi connectivity index (χ3n) is 6.69. The van der Waals surface area contributed by atoms with Crippen LogP contribution in [0.2, 0.25) is 10.0 Å². The molecule has 0 unspecified atom stereocenters. The highest BCUT2D eigenvalue weighted by molar-refractivity contribution is 7.92. The number of ether oxygens (including phenoxy) is 1. The van der Waals surface area contributed by atoms with E-state index in [0.29, 0.717) is 40.0 Å². The second-order valence-corrected chi connectivity index (χ2v) is 12.6. The summed E-state index contributed by atoms with van der Waals surface area (Å²) in [7, 11) is -2.09. The fourth-order valence-corrected chi connectivity index (χ4v) is 5.94. The highest BCUT2D eigenvalue weighted by Crippen LogP contribution is 2.26. The monoisotopic (exact) mass is 633 g/mol. The lowest BCUT2D eigenvalue weighted by molar-refractivity contribution is -0.141. The standard InChI is InChI=1S/C31H37Cl2N3O5S/c1-4-18-34-31(38)29(20-23-9-6-5-7-10-23)35(22-24-12-13-25(32)21-28(24)33)30(37)11-8-19-36(42(3,39)40)26-14-16-27(41-2)17-15-26/h5-7,9-10,12-17,21,29H,4,8,11,18-20,22H2,1-3H3,(H,34,38)/t29-/m0/s1. The van der Waals surface area contributed by atoms with Gasteiger partial charge >= 0.3 is 0 Å². The zero-order chi connectivity index (χ0) is 30.7. The molecule has 1 atom stereocenters. The van der Waals surface area contributed by atoms with Crippen molar-refractivity contribution in [2.45, 2.75) is 45.2 Å². The highest BCUT2D eigenvalue weighted by Gasteiger charge is 2.31. The number of sulfonamides is 1. The normalized spacial score (nSPS) is 11.9. The smallest absolute Gasteiger partial charge is 0.243 e. The Bertz CT molecular complexity index is 1440. The number of carbonyl (C=O) groups excluding carboxylic acids is 2. The molecule has 0 fully saturated rings. The summed E-state index contributed by atoms with van der Waals surface area (Å²) in [4.78, 5) is 28.9. The van der Waals surface area contributed by atoms with Gasteiger partial charge < -0.3 is 15.0 Å². The summed E-state index contributed by atoms with van der Waals surface area (Å²) in [5.41, 5.74) is 2.01. The van der Waals surface area contributed by atoms with Crippen molar-refractivity contribution in [1.29, 1.82) is 0 Å².